The first kappa shape index (κ1) is 18.2. The van der Waals surface area contributed by atoms with Crippen molar-refractivity contribution in [2.24, 2.45) is 23.5 Å². The molecule has 4 aliphatic rings. The van der Waals surface area contributed by atoms with Crippen molar-refractivity contribution in [3.05, 3.63) is 0 Å². The molecule has 0 spiro atoms. The second kappa shape index (κ2) is 8.24. The summed E-state index contributed by atoms with van der Waals surface area (Å²) in [7, 11) is 0. The summed E-state index contributed by atoms with van der Waals surface area (Å²) in [5.74, 6) is 2.55. The first-order valence-corrected chi connectivity index (χ1v) is 11.0. The normalized spacial score (nSPS) is 42.7. The number of piperidine rings is 2. The van der Waals surface area contributed by atoms with Gasteiger partial charge in [-0.3, -0.25) is 4.90 Å². The molecule has 0 aromatic carbocycles. The molecule has 0 radical (unpaired) electrons. The van der Waals surface area contributed by atoms with Gasteiger partial charge in [-0.25, -0.2) is 0 Å². The number of hydrogen-bond acceptors (Lipinski definition) is 4. The van der Waals surface area contributed by atoms with Crippen LogP contribution in [0.4, 0.5) is 0 Å². The van der Waals surface area contributed by atoms with Gasteiger partial charge in [0.25, 0.3) is 0 Å². The standard InChI is InChI=1S/C21H39N3O/c1-16-3-2-9-23(14-16)19-5-4-17(13-19)20-6-10-24(15-21(20)22)18-7-11-25-12-8-18/h16-21H,2-15,22H2,1H3. The number of rotatable bonds is 3. The Hall–Kier alpha value is -0.160. The van der Waals surface area contributed by atoms with Crippen LogP contribution in [0.15, 0.2) is 0 Å². The second-order valence-corrected chi connectivity index (χ2v) is 9.42. The summed E-state index contributed by atoms with van der Waals surface area (Å²) in [6.07, 6.45) is 10.8. The average Bonchev–Trinajstić information content (AvgIpc) is 3.12. The lowest BCUT2D eigenvalue weighted by Gasteiger charge is -2.44. The van der Waals surface area contributed by atoms with Crippen molar-refractivity contribution in [3.63, 3.8) is 0 Å². The zero-order chi connectivity index (χ0) is 17.2. The largest absolute Gasteiger partial charge is 0.381 e. The van der Waals surface area contributed by atoms with E-state index in [1.54, 1.807) is 0 Å². The SMILES string of the molecule is CC1CCCN(C2CCC(C3CCN(C4CCOCC4)CC3N)C2)C1. The molecule has 0 aromatic rings. The summed E-state index contributed by atoms with van der Waals surface area (Å²) in [6.45, 7) is 9.39. The van der Waals surface area contributed by atoms with Crippen LogP contribution in [0, 0.1) is 17.8 Å². The minimum Gasteiger partial charge on any atom is -0.381 e. The van der Waals surface area contributed by atoms with Crippen molar-refractivity contribution in [2.45, 2.75) is 76.4 Å². The van der Waals surface area contributed by atoms with Gasteiger partial charge in [0, 0.05) is 44.4 Å². The first-order valence-electron chi connectivity index (χ1n) is 11.0. The summed E-state index contributed by atoms with van der Waals surface area (Å²) >= 11 is 0. The van der Waals surface area contributed by atoms with Gasteiger partial charge in [0.05, 0.1) is 0 Å². The smallest absolute Gasteiger partial charge is 0.0480 e. The molecule has 5 unspecified atom stereocenters. The number of ether oxygens (including phenoxy) is 1. The lowest BCUT2D eigenvalue weighted by molar-refractivity contribution is 0.0102. The molecule has 4 rings (SSSR count). The zero-order valence-electron chi connectivity index (χ0n) is 16.2. The second-order valence-electron chi connectivity index (χ2n) is 9.42. The Labute approximate surface area is 154 Å². The lowest BCUT2D eigenvalue weighted by Crippen LogP contribution is -2.54. The Balaban J connectivity index is 1.28. The van der Waals surface area contributed by atoms with E-state index in [2.05, 4.69) is 16.7 Å². The monoisotopic (exact) mass is 349 g/mol. The van der Waals surface area contributed by atoms with Gasteiger partial charge in [0.2, 0.25) is 0 Å². The van der Waals surface area contributed by atoms with E-state index < -0.39 is 0 Å². The molecule has 1 aliphatic carbocycles. The van der Waals surface area contributed by atoms with E-state index >= 15 is 0 Å². The molecule has 0 aromatic heterocycles. The van der Waals surface area contributed by atoms with Gasteiger partial charge < -0.3 is 15.4 Å². The van der Waals surface area contributed by atoms with Crippen LogP contribution in [0.2, 0.25) is 0 Å². The zero-order valence-corrected chi connectivity index (χ0v) is 16.2. The van der Waals surface area contributed by atoms with Gasteiger partial charge in [-0.15, -0.1) is 0 Å². The van der Waals surface area contributed by atoms with Crippen molar-refractivity contribution in [1.82, 2.24) is 9.80 Å². The highest BCUT2D eigenvalue weighted by Gasteiger charge is 2.40. The molecule has 0 amide bonds. The Bertz CT molecular complexity index is 425. The van der Waals surface area contributed by atoms with Crippen LogP contribution in [0.25, 0.3) is 0 Å². The Morgan fingerprint density at radius 2 is 1.64 bits per heavy atom. The van der Waals surface area contributed by atoms with Crippen LogP contribution in [0.3, 0.4) is 0 Å². The van der Waals surface area contributed by atoms with Crippen LogP contribution in [-0.2, 0) is 4.74 Å². The highest BCUT2D eigenvalue weighted by Crippen LogP contribution is 2.40. The maximum Gasteiger partial charge on any atom is 0.0480 e. The van der Waals surface area contributed by atoms with E-state index in [9.17, 15) is 0 Å². The number of likely N-dealkylation sites (tertiary alicyclic amines) is 2. The first-order chi connectivity index (χ1) is 12.2. The molecule has 3 aliphatic heterocycles. The Kier molecular flexibility index (Phi) is 6.01. The van der Waals surface area contributed by atoms with E-state index in [1.807, 2.05) is 0 Å². The number of hydrogen-bond donors (Lipinski definition) is 1. The topological polar surface area (TPSA) is 41.7 Å². The Morgan fingerprint density at radius 3 is 2.40 bits per heavy atom. The molecule has 4 nitrogen and oxygen atoms in total. The summed E-state index contributed by atoms with van der Waals surface area (Å²) in [5.41, 5.74) is 6.72. The average molecular weight is 350 g/mol. The van der Waals surface area contributed by atoms with Crippen molar-refractivity contribution in [2.75, 3.05) is 39.4 Å². The highest BCUT2D eigenvalue weighted by molar-refractivity contribution is 4.95. The third-order valence-corrected chi connectivity index (χ3v) is 7.71. The number of nitrogens with zero attached hydrogens (tertiary/aromatic N) is 2. The summed E-state index contributed by atoms with van der Waals surface area (Å²) in [6, 6.07) is 1.97. The molecule has 4 heteroatoms. The molecule has 4 fully saturated rings. The van der Waals surface area contributed by atoms with Crippen LogP contribution in [0.1, 0.15) is 58.3 Å². The van der Waals surface area contributed by atoms with Crippen LogP contribution in [0.5, 0.6) is 0 Å². The van der Waals surface area contributed by atoms with Crippen molar-refractivity contribution in [1.29, 1.82) is 0 Å². The third kappa shape index (κ3) is 4.23. The molecular weight excluding hydrogens is 310 g/mol. The van der Waals surface area contributed by atoms with E-state index in [0.29, 0.717) is 6.04 Å². The van der Waals surface area contributed by atoms with E-state index in [1.165, 1.54) is 71.0 Å². The van der Waals surface area contributed by atoms with E-state index in [4.69, 9.17) is 10.5 Å². The molecule has 3 heterocycles. The molecule has 3 saturated heterocycles. The van der Waals surface area contributed by atoms with Crippen molar-refractivity contribution >= 4 is 0 Å². The van der Waals surface area contributed by atoms with E-state index in [-0.39, 0.29) is 0 Å². The van der Waals surface area contributed by atoms with E-state index in [0.717, 1.165) is 49.6 Å². The molecule has 2 N–H and O–H groups in total. The van der Waals surface area contributed by atoms with Gasteiger partial charge in [-0.2, -0.15) is 0 Å². The summed E-state index contributed by atoms with van der Waals surface area (Å²) in [4.78, 5) is 5.50. The predicted molar refractivity (Wildman–Crippen MR) is 103 cm³/mol. The van der Waals surface area contributed by atoms with Gasteiger partial charge in [0.1, 0.15) is 0 Å². The maximum atomic E-state index is 6.72. The predicted octanol–water partition coefficient (Wildman–Crippen LogP) is 2.72. The highest BCUT2D eigenvalue weighted by atomic mass is 16.5. The third-order valence-electron chi connectivity index (χ3n) is 7.71. The molecule has 144 valence electrons. The molecular formula is C21H39N3O. The molecule has 5 atom stereocenters. The van der Waals surface area contributed by atoms with Crippen molar-refractivity contribution < 1.29 is 4.74 Å². The van der Waals surface area contributed by atoms with Gasteiger partial charge in [0.15, 0.2) is 0 Å². The summed E-state index contributed by atoms with van der Waals surface area (Å²) < 4.78 is 5.53. The molecule has 25 heavy (non-hydrogen) atoms. The minimum absolute atomic E-state index is 0.389. The lowest BCUT2D eigenvalue weighted by atomic mass is 9.79. The molecule has 1 saturated carbocycles. The minimum atomic E-state index is 0.389. The fraction of sp³-hybridized carbons (Fsp3) is 1.00. The van der Waals surface area contributed by atoms with Crippen LogP contribution < -0.4 is 5.73 Å². The fourth-order valence-electron chi connectivity index (χ4n) is 6.26. The van der Waals surface area contributed by atoms with Crippen LogP contribution >= 0.6 is 0 Å². The maximum absolute atomic E-state index is 6.72. The van der Waals surface area contributed by atoms with Gasteiger partial charge in [-0.05, 0) is 82.2 Å². The molecule has 0 bridgehead atoms. The quantitative estimate of drug-likeness (QED) is 0.851. The van der Waals surface area contributed by atoms with Gasteiger partial charge >= 0.3 is 0 Å². The Morgan fingerprint density at radius 1 is 0.840 bits per heavy atom. The van der Waals surface area contributed by atoms with Crippen molar-refractivity contribution in [3.8, 4) is 0 Å². The van der Waals surface area contributed by atoms with Crippen LogP contribution in [-0.4, -0.2) is 67.3 Å². The fourth-order valence-corrected chi connectivity index (χ4v) is 6.26. The summed E-state index contributed by atoms with van der Waals surface area (Å²) in [5, 5.41) is 0. The number of nitrogens with two attached hydrogens (primary N) is 1. The van der Waals surface area contributed by atoms with Gasteiger partial charge in [-0.1, -0.05) is 6.92 Å².